The molecule has 0 saturated carbocycles. The van der Waals surface area contributed by atoms with Gasteiger partial charge in [0.2, 0.25) is 5.91 Å². The molecule has 0 heterocycles. The minimum atomic E-state index is -0.957. The van der Waals surface area contributed by atoms with Gasteiger partial charge in [-0.1, -0.05) is 18.2 Å². The molecule has 0 bridgehead atoms. The van der Waals surface area contributed by atoms with E-state index in [1.165, 1.54) is 18.2 Å². The zero-order valence-corrected chi connectivity index (χ0v) is 9.90. The van der Waals surface area contributed by atoms with Crippen LogP contribution in [0.3, 0.4) is 0 Å². The van der Waals surface area contributed by atoms with Gasteiger partial charge in [0.05, 0.1) is 5.60 Å². The van der Waals surface area contributed by atoms with Crippen LogP contribution < -0.4 is 5.32 Å². The molecule has 4 heteroatoms. The van der Waals surface area contributed by atoms with Gasteiger partial charge < -0.3 is 10.4 Å². The van der Waals surface area contributed by atoms with E-state index >= 15 is 0 Å². The molecule has 0 aliphatic carbocycles. The molecule has 0 atom stereocenters. The Hall–Kier alpha value is -1.68. The number of aliphatic hydroxyl groups is 1. The second-order valence-electron chi connectivity index (χ2n) is 4.39. The van der Waals surface area contributed by atoms with Crippen LogP contribution in [0.15, 0.2) is 30.3 Å². The molecule has 1 aromatic rings. The predicted octanol–water partition coefficient (Wildman–Crippen LogP) is 1.73. The maximum Gasteiger partial charge on any atom is 0.244 e. The van der Waals surface area contributed by atoms with Crippen molar-refractivity contribution in [2.24, 2.45) is 0 Å². The number of nitrogens with one attached hydrogen (secondary N) is 1. The monoisotopic (exact) mass is 237 g/mol. The third kappa shape index (κ3) is 5.26. The first-order valence-electron chi connectivity index (χ1n) is 5.31. The second-order valence-corrected chi connectivity index (χ2v) is 4.39. The number of carbonyl (C=O) groups is 1. The van der Waals surface area contributed by atoms with E-state index in [4.69, 9.17) is 0 Å². The topological polar surface area (TPSA) is 49.3 Å². The number of halogens is 1. The number of hydrogen-bond acceptors (Lipinski definition) is 2. The predicted molar refractivity (Wildman–Crippen MR) is 64.7 cm³/mol. The second kappa shape index (κ2) is 5.59. The summed E-state index contributed by atoms with van der Waals surface area (Å²) in [7, 11) is 0. The molecule has 92 valence electrons. The van der Waals surface area contributed by atoms with Gasteiger partial charge in [0.15, 0.2) is 0 Å². The van der Waals surface area contributed by atoms with Crippen LogP contribution >= 0.6 is 0 Å². The molecule has 0 spiro atoms. The van der Waals surface area contributed by atoms with E-state index in [9.17, 15) is 14.3 Å². The van der Waals surface area contributed by atoms with E-state index < -0.39 is 5.60 Å². The molecular weight excluding hydrogens is 221 g/mol. The summed E-state index contributed by atoms with van der Waals surface area (Å²) in [5.41, 5.74) is -0.604. The molecule has 17 heavy (non-hydrogen) atoms. The van der Waals surface area contributed by atoms with Crippen molar-refractivity contribution in [2.75, 3.05) is 6.54 Å². The molecule has 0 aliphatic rings. The summed E-state index contributed by atoms with van der Waals surface area (Å²) < 4.78 is 13.2. The minimum Gasteiger partial charge on any atom is -0.389 e. The Morgan fingerprint density at radius 2 is 2.12 bits per heavy atom. The largest absolute Gasteiger partial charge is 0.389 e. The van der Waals surface area contributed by atoms with Crippen molar-refractivity contribution >= 4 is 12.0 Å². The number of benzene rings is 1. The Morgan fingerprint density at radius 1 is 1.47 bits per heavy atom. The number of amides is 1. The van der Waals surface area contributed by atoms with E-state index in [2.05, 4.69) is 5.32 Å². The Bertz CT molecular complexity index is 422. The van der Waals surface area contributed by atoms with Crippen LogP contribution in [0.1, 0.15) is 19.4 Å². The lowest BCUT2D eigenvalue weighted by Crippen LogP contribution is -2.37. The highest BCUT2D eigenvalue weighted by atomic mass is 19.1. The summed E-state index contributed by atoms with van der Waals surface area (Å²) in [4.78, 5) is 11.3. The average molecular weight is 237 g/mol. The third-order valence-corrected chi connectivity index (χ3v) is 2.01. The van der Waals surface area contributed by atoms with Gasteiger partial charge in [-0.2, -0.15) is 0 Å². The van der Waals surface area contributed by atoms with Gasteiger partial charge in [-0.15, -0.1) is 0 Å². The highest BCUT2D eigenvalue weighted by Crippen LogP contribution is 2.07. The smallest absolute Gasteiger partial charge is 0.244 e. The molecule has 1 amide bonds. The van der Waals surface area contributed by atoms with Crippen LogP contribution in [0.2, 0.25) is 0 Å². The standard InChI is InChI=1S/C13H16FNO2/c1-13(2,17)9-15-12(16)8-7-10-5-3-4-6-11(10)14/h3-8,17H,9H2,1-2H3,(H,15,16). The maximum absolute atomic E-state index is 13.2. The van der Waals surface area contributed by atoms with Crippen molar-refractivity contribution in [1.29, 1.82) is 0 Å². The van der Waals surface area contributed by atoms with E-state index in [0.29, 0.717) is 5.56 Å². The summed E-state index contributed by atoms with van der Waals surface area (Å²) in [6, 6.07) is 6.18. The first-order chi connectivity index (χ1) is 7.88. The Kier molecular flexibility index (Phi) is 4.40. The molecule has 0 saturated heterocycles. The van der Waals surface area contributed by atoms with Gasteiger partial charge in [-0.05, 0) is 26.0 Å². The molecule has 1 aromatic carbocycles. The number of carbonyl (C=O) groups excluding carboxylic acids is 1. The fraction of sp³-hybridized carbons (Fsp3) is 0.308. The summed E-state index contributed by atoms with van der Waals surface area (Å²) in [5, 5.41) is 11.9. The van der Waals surface area contributed by atoms with Crippen molar-refractivity contribution in [3.8, 4) is 0 Å². The molecule has 0 aliphatic heterocycles. The van der Waals surface area contributed by atoms with E-state index in [1.807, 2.05) is 0 Å². The lowest BCUT2D eigenvalue weighted by molar-refractivity contribution is -0.117. The zero-order chi connectivity index (χ0) is 12.9. The van der Waals surface area contributed by atoms with Crippen molar-refractivity contribution in [1.82, 2.24) is 5.32 Å². The first kappa shape index (κ1) is 13.4. The summed E-state index contributed by atoms with van der Waals surface area (Å²) >= 11 is 0. The van der Waals surface area contributed by atoms with Gasteiger partial charge in [-0.3, -0.25) is 4.79 Å². The third-order valence-electron chi connectivity index (χ3n) is 2.01. The molecule has 1 rings (SSSR count). The van der Waals surface area contributed by atoms with Crippen LogP contribution in [-0.2, 0) is 4.79 Å². The highest BCUT2D eigenvalue weighted by Gasteiger charge is 2.12. The summed E-state index contributed by atoms with van der Waals surface area (Å²) in [6.07, 6.45) is 2.64. The maximum atomic E-state index is 13.2. The molecular formula is C13H16FNO2. The summed E-state index contributed by atoms with van der Waals surface area (Å²) in [6.45, 7) is 3.33. The van der Waals surface area contributed by atoms with Crippen LogP contribution in [-0.4, -0.2) is 23.2 Å². The molecule has 0 radical (unpaired) electrons. The van der Waals surface area contributed by atoms with Gasteiger partial charge in [0, 0.05) is 18.2 Å². The van der Waals surface area contributed by atoms with Crippen molar-refractivity contribution in [3.05, 3.63) is 41.7 Å². The molecule has 0 unspecified atom stereocenters. The minimum absolute atomic E-state index is 0.146. The Labute approximate surface area is 100.0 Å². The van der Waals surface area contributed by atoms with Gasteiger partial charge in [0.1, 0.15) is 5.82 Å². The van der Waals surface area contributed by atoms with E-state index in [-0.39, 0.29) is 18.3 Å². The van der Waals surface area contributed by atoms with Crippen molar-refractivity contribution in [3.63, 3.8) is 0 Å². The Morgan fingerprint density at radius 3 is 2.71 bits per heavy atom. The zero-order valence-electron chi connectivity index (χ0n) is 9.90. The highest BCUT2D eigenvalue weighted by molar-refractivity contribution is 5.91. The van der Waals surface area contributed by atoms with E-state index in [1.54, 1.807) is 32.0 Å². The van der Waals surface area contributed by atoms with Crippen LogP contribution in [0.5, 0.6) is 0 Å². The number of rotatable bonds is 4. The fourth-order valence-corrected chi connectivity index (χ4v) is 1.14. The number of hydrogen-bond donors (Lipinski definition) is 2. The molecule has 2 N–H and O–H groups in total. The van der Waals surface area contributed by atoms with Gasteiger partial charge >= 0.3 is 0 Å². The lowest BCUT2D eigenvalue weighted by atomic mass is 10.1. The molecule has 0 aromatic heterocycles. The van der Waals surface area contributed by atoms with E-state index in [0.717, 1.165) is 0 Å². The van der Waals surface area contributed by atoms with Gasteiger partial charge in [0.25, 0.3) is 0 Å². The van der Waals surface area contributed by atoms with Crippen LogP contribution in [0.4, 0.5) is 4.39 Å². The van der Waals surface area contributed by atoms with Crippen molar-refractivity contribution in [2.45, 2.75) is 19.4 Å². The van der Waals surface area contributed by atoms with Gasteiger partial charge in [-0.25, -0.2) is 4.39 Å². The molecule has 3 nitrogen and oxygen atoms in total. The summed E-state index contributed by atoms with van der Waals surface area (Å²) in [5.74, 6) is -0.741. The van der Waals surface area contributed by atoms with Crippen molar-refractivity contribution < 1.29 is 14.3 Å². The average Bonchev–Trinajstić information content (AvgIpc) is 2.24. The van der Waals surface area contributed by atoms with Crippen LogP contribution in [0, 0.1) is 5.82 Å². The normalized spacial score (nSPS) is 11.8. The fourth-order valence-electron chi connectivity index (χ4n) is 1.14. The quantitative estimate of drug-likeness (QED) is 0.783. The SMILES string of the molecule is CC(C)(O)CNC(=O)C=Cc1ccccc1F. The lowest BCUT2D eigenvalue weighted by Gasteiger charge is -2.16. The Balaban J connectivity index is 2.55. The van der Waals surface area contributed by atoms with Crippen LogP contribution in [0.25, 0.3) is 6.08 Å². The first-order valence-corrected chi connectivity index (χ1v) is 5.31. The molecule has 0 fully saturated rings.